The summed E-state index contributed by atoms with van der Waals surface area (Å²) in [5.41, 5.74) is 3.38. The van der Waals surface area contributed by atoms with Crippen molar-refractivity contribution in [2.45, 2.75) is 20.3 Å². The molecule has 152 valence electrons. The first-order valence-corrected chi connectivity index (χ1v) is 9.75. The average Bonchev–Trinajstić information content (AvgIpc) is 2.72. The molecule has 0 aliphatic heterocycles. The quantitative estimate of drug-likeness (QED) is 0.498. The Morgan fingerprint density at radius 1 is 1.07 bits per heavy atom. The number of fused-ring (bicyclic) bond motifs is 1. The Morgan fingerprint density at radius 2 is 1.87 bits per heavy atom. The SMILES string of the molecule is COc1ccc2nc(Nc3nc(C)c(Cc4ccccc4Cl)c(=O)[nH]3)nc(C)c2c1. The van der Waals surface area contributed by atoms with Crippen LogP contribution in [0.3, 0.4) is 0 Å². The number of ether oxygens (including phenoxy) is 1. The number of halogens is 1. The summed E-state index contributed by atoms with van der Waals surface area (Å²) >= 11 is 6.23. The molecule has 0 saturated heterocycles. The van der Waals surface area contributed by atoms with Crippen LogP contribution in [0.4, 0.5) is 11.9 Å². The highest BCUT2D eigenvalue weighted by Crippen LogP contribution is 2.23. The van der Waals surface area contributed by atoms with Crippen LogP contribution in [-0.2, 0) is 6.42 Å². The molecule has 0 unspecified atom stereocenters. The van der Waals surface area contributed by atoms with Gasteiger partial charge in [-0.2, -0.15) is 0 Å². The Labute approximate surface area is 178 Å². The smallest absolute Gasteiger partial charge is 0.256 e. The number of hydrogen-bond acceptors (Lipinski definition) is 6. The third-order valence-corrected chi connectivity index (χ3v) is 5.24. The minimum absolute atomic E-state index is 0.229. The molecule has 7 nitrogen and oxygen atoms in total. The molecule has 2 aromatic carbocycles. The molecule has 0 aliphatic carbocycles. The molecule has 0 amide bonds. The molecule has 0 saturated carbocycles. The average molecular weight is 422 g/mol. The first kappa shape index (κ1) is 19.8. The molecule has 0 bridgehead atoms. The predicted octanol–water partition coefficient (Wildman–Crippen LogP) is 4.33. The Hall–Kier alpha value is -3.45. The number of methoxy groups -OCH3 is 1. The molecule has 2 N–H and O–H groups in total. The first-order valence-electron chi connectivity index (χ1n) is 9.37. The van der Waals surface area contributed by atoms with Gasteiger partial charge >= 0.3 is 0 Å². The zero-order valence-electron chi connectivity index (χ0n) is 16.8. The van der Waals surface area contributed by atoms with Crippen molar-refractivity contribution in [3.8, 4) is 5.75 Å². The number of H-pyrrole nitrogens is 1. The zero-order chi connectivity index (χ0) is 21.3. The number of hydrogen-bond donors (Lipinski definition) is 2. The molecule has 0 radical (unpaired) electrons. The minimum atomic E-state index is -0.229. The van der Waals surface area contributed by atoms with Crippen molar-refractivity contribution in [2.75, 3.05) is 12.4 Å². The van der Waals surface area contributed by atoms with Crippen LogP contribution in [0, 0.1) is 13.8 Å². The van der Waals surface area contributed by atoms with Crippen LogP contribution in [0.15, 0.2) is 47.3 Å². The molecular formula is C22H20ClN5O2. The van der Waals surface area contributed by atoms with Gasteiger partial charge in [0.25, 0.3) is 5.56 Å². The standard InChI is InChI=1S/C22H20ClN5O2/c1-12-16-11-15(30-3)8-9-19(16)26-21(24-12)28-22-25-13(2)17(20(29)27-22)10-14-6-4-5-7-18(14)23/h4-9,11H,10H2,1-3H3,(H2,24,25,26,27,28,29). The molecule has 0 aliphatic rings. The van der Waals surface area contributed by atoms with Gasteiger partial charge in [0.2, 0.25) is 11.9 Å². The van der Waals surface area contributed by atoms with Crippen molar-refractivity contribution in [3.05, 3.63) is 80.4 Å². The molecule has 0 atom stereocenters. The second kappa shape index (κ2) is 8.12. The van der Waals surface area contributed by atoms with Gasteiger partial charge in [-0.05, 0) is 43.7 Å². The second-order valence-corrected chi connectivity index (χ2v) is 7.29. The monoisotopic (exact) mass is 421 g/mol. The Kier molecular flexibility index (Phi) is 5.37. The van der Waals surface area contributed by atoms with Crippen LogP contribution in [0.25, 0.3) is 10.9 Å². The third-order valence-electron chi connectivity index (χ3n) is 4.87. The lowest BCUT2D eigenvalue weighted by atomic mass is 10.1. The molecule has 4 rings (SSSR count). The van der Waals surface area contributed by atoms with Gasteiger partial charge in [-0.1, -0.05) is 29.8 Å². The predicted molar refractivity (Wildman–Crippen MR) is 118 cm³/mol. The van der Waals surface area contributed by atoms with Crippen LogP contribution >= 0.6 is 11.6 Å². The van der Waals surface area contributed by atoms with E-state index in [2.05, 4.69) is 25.3 Å². The second-order valence-electron chi connectivity index (χ2n) is 6.89. The van der Waals surface area contributed by atoms with Crippen molar-refractivity contribution in [3.63, 3.8) is 0 Å². The highest BCUT2D eigenvalue weighted by molar-refractivity contribution is 6.31. The summed E-state index contributed by atoms with van der Waals surface area (Å²) in [5, 5.41) is 4.52. The van der Waals surface area contributed by atoms with E-state index in [-0.39, 0.29) is 11.5 Å². The number of rotatable bonds is 5. The lowest BCUT2D eigenvalue weighted by Gasteiger charge is -2.11. The van der Waals surface area contributed by atoms with E-state index in [4.69, 9.17) is 16.3 Å². The van der Waals surface area contributed by atoms with Crippen LogP contribution in [0.1, 0.15) is 22.5 Å². The molecule has 0 spiro atoms. The minimum Gasteiger partial charge on any atom is -0.497 e. The van der Waals surface area contributed by atoms with E-state index >= 15 is 0 Å². The fraction of sp³-hybridized carbons (Fsp3) is 0.182. The number of anilines is 2. The highest BCUT2D eigenvalue weighted by atomic mass is 35.5. The summed E-state index contributed by atoms with van der Waals surface area (Å²) in [6.07, 6.45) is 0.404. The molecular weight excluding hydrogens is 402 g/mol. The fourth-order valence-electron chi connectivity index (χ4n) is 3.26. The van der Waals surface area contributed by atoms with Crippen molar-refractivity contribution < 1.29 is 4.74 Å². The first-order chi connectivity index (χ1) is 14.4. The van der Waals surface area contributed by atoms with Gasteiger partial charge in [0.1, 0.15) is 5.75 Å². The molecule has 30 heavy (non-hydrogen) atoms. The lowest BCUT2D eigenvalue weighted by Crippen LogP contribution is -2.19. The van der Waals surface area contributed by atoms with Gasteiger partial charge in [-0.3, -0.25) is 15.1 Å². The van der Waals surface area contributed by atoms with Crippen LogP contribution in [0.5, 0.6) is 5.75 Å². The molecule has 8 heteroatoms. The maximum absolute atomic E-state index is 12.7. The van der Waals surface area contributed by atoms with Crippen LogP contribution < -0.4 is 15.6 Å². The van der Waals surface area contributed by atoms with E-state index < -0.39 is 0 Å². The van der Waals surface area contributed by atoms with Crippen molar-refractivity contribution >= 4 is 34.4 Å². The summed E-state index contributed by atoms with van der Waals surface area (Å²) < 4.78 is 5.26. The maximum atomic E-state index is 12.7. The summed E-state index contributed by atoms with van der Waals surface area (Å²) in [6.45, 7) is 3.69. The van der Waals surface area contributed by atoms with E-state index in [0.29, 0.717) is 28.6 Å². The lowest BCUT2D eigenvalue weighted by molar-refractivity contribution is 0.415. The van der Waals surface area contributed by atoms with E-state index in [1.54, 1.807) is 20.1 Å². The molecule has 2 aromatic heterocycles. The molecule has 0 fully saturated rings. The zero-order valence-corrected chi connectivity index (χ0v) is 17.5. The van der Waals surface area contributed by atoms with Crippen LogP contribution in [-0.4, -0.2) is 27.0 Å². The van der Waals surface area contributed by atoms with Crippen molar-refractivity contribution in [2.24, 2.45) is 0 Å². The molecule has 4 aromatic rings. The summed E-state index contributed by atoms with van der Waals surface area (Å²) in [5.74, 6) is 1.38. The largest absolute Gasteiger partial charge is 0.497 e. The maximum Gasteiger partial charge on any atom is 0.256 e. The number of nitrogens with one attached hydrogen (secondary N) is 2. The Morgan fingerprint density at radius 3 is 2.60 bits per heavy atom. The van der Waals surface area contributed by atoms with E-state index in [1.165, 1.54) is 0 Å². The number of nitrogens with zero attached hydrogens (tertiary/aromatic N) is 3. The summed E-state index contributed by atoms with van der Waals surface area (Å²) in [6, 6.07) is 13.0. The van der Waals surface area contributed by atoms with Gasteiger partial charge < -0.3 is 4.74 Å². The molecule has 2 heterocycles. The summed E-state index contributed by atoms with van der Waals surface area (Å²) in [7, 11) is 1.62. The van der Waals surface area contributed by atoms with E-state index in [0.717, 1.165) is 27.9 Å². The van der Waals surface area contributed by atoms with Crippen LogP contribution in [0.2, 0.25) is 5.02 Å². The number of aromatic amines is 1. The highest BCUT2D eigenvalue weighted by Gasteiger charge is 2.12. The van der Waals surface area contributed by atoms with Gasteiger partial charge in [0, 0.05) is 22.4 Å². The Bertz CT molecular complexity index is 1300. The Balaban J connectivity index is 1.64. The van der Waals surface area contributed by atoms with Gasteiger partial charge in [-0.15, -0.1) is 0 Å². The van der Waals surface area contributed by atoms with Crippen molar-refractivity contribution in [1.29, 1.82) is 0 Å². The topological polar surface area (TPSA) is 92.8 Å². The summed E-state index contributed by atoms with van der Waals surface area (Å²) in [4.78, 5) is 28.9. The van der Waals surface area contributed by atoms with Gasteiger partial charge in [-0.25, -0.2) is 15.0 Å². The van der Waals surface area contributed by atoms with Gasteiger partial charge in [0.05, 0.1) is 24.0 Å². The third kappa shape index (κ3) is 3.97. The number of aromatic nitrogens is 4. The van der Waals surface area contributed by atoms with E-state index in [1.807, 2.05) is 43.3 Å². The van der Waals surface area contributed by atoms with Gasteiger partial charge in [0.15, 0.2) is 0 Å². The number of benzene rings is 2. The fourth-order valence-corrected chi connectivity index (χ4v) is 3.46. The van der Waals surface area contributed by atoms with E-state index in [9.17, 15) is 4.79 Å². The number of aryl methyl sites for hydroxylation is 2. The normalized spacial score (nSPS) is 10.9. The van der Waals surface area contributed by atoms with Crippen molar-refractivity contribution in [1.82, 2.24) is 19.9 Å².